The highest BCUT2D eigenvalue weighted by atomic mass is 32.2. The Morgan fingerprint density at radius 3 is 2.44 bits per heavy atom. The standard InChI is InChI=1S/C19H20N4O3S/c1-15-14-22(19(24)21-17-8-3-2-4-9-17)11-12-23(15)27(25,26)18-10-6-5-7-16(18)13-20/h2-10,15H,11-12,14H2,1H3,(H,21,24)/t15-/m0/s1. The van der Waals surface area contributed by atoms with E-state index < -0.39 is 16.1 Å². The zero-order valence-corrected chi connectivity index (χ0v) is 15.7. The Kier molecular flexibility index (Phi) is 5.44. The predicted molar refractivity (Wildman–Crippen MR) is 102 cm³/mol. The molecule has 7 nitrogen and oxygen atoms in total. The lowest BCUT2D eigenvalue weighted by Crippen LogP contribution is -2.56. The Morgan fingerprint density at radius 1 is 1.11 bits per heavy atom. The number of nitrogens with one attached hydrogen (secondary N) is 1. The minimum atomic E-state index is -3.81. The van der Waals surface area contributed by atoms with Crippen molar-refractivity contribution >= 4 is 21.7 Å². The molecule has 0 radical (unpaired) electrons. The number of benzene rings is 2. The molecule has 0 unspecified atom stereocenters. The van der Waals surface area contributed by atoms with Crippen molar-refractivity contribution in [1.29, 1.82) is 5.26 Å². The lowest BCUT2D eigenvalue weighted by Gasteiger charge is -2.38. The molecule has 27 heavy (non-hydrogen) atoms. The number of nitriles is 1. The first-order valence-corrected chi connectivity index (χ1v) is 9.99. The second-order valence-corrected chi connectivity index (χ2v) is 8.17. The SMILES string of the molecule is C[C@H]1CN(C(=O)Nc2ccccc2)CCN1S(=O)(=O)c1ccccc1C#N. The van der Waals surface area contributed by atoms with Gasteiger partial charge in [-0.25, -0.2) is 13.2 Å². The second-order valence-electron chi connectivity index (χ2n) is 6.31. The molecule has 0 aliphatic carbocycles. The first-order chi connectivity index (χ1) is 12.9. The van der Waals surface area contributed by atoms with Gasteiger partial charge in [0.15, 0.2) is 0 Å². The molecule has 0 bridgehead atoms. The van der Waals surface area contributed by atoms with Crippen LogP contribution in [0.5, 0.6) is 0 Å². The number of para-hydroxylation sites is 1. The predicted octanol–water partition coefficient (Wildman–Crippen LogP) is 2.49. The van der Waals surface area contributed by atoms with Crippen LogP contribution in [0.4, 0.5) is 10.5 Å². The molecule has 2 aromatic rings. The van der Waals surface area contributed by atoms with E-state index in [0.717, 1.165) is 0 Å². The number of piperazine rings is 1. The molecule has 2 aromatic carbocycles. The molecule has 1 heterocycles. The fraction of sp³-hybridized carbons (Fsp3) is 0.263. The lowest BCUT2D eigenvalue weighted by molar-refractivity contribution is 0.157. The molecule has 1 saturated heterocycles. The molecule has 0 aromatic heterocycles. The fourth-order valence-electron chi connectivity index (χ4n) is 3.12. The van der Waals surface area contributed by atoms with E-state index in [1.54, 1.807) is 36.1 Å². The van der Waals surface area contributed by atoms with Crippen molar-refractivity contribution in [2.45, 2.75) is 17.9 Å². The van der Waals surface area contributed by atoms with Crippen LogP contribution in [0, 0.1) is 11.3 Å². The van der Waals surface area contributed by atoms with Gasteiger partial charge in [0.25, 0.3) is 0 Å². The zero-order valence-electron chi connectivity index (χ0n) is 14.9. The minimum absolute atomic E-state index is 0.00142. The number of urea groups is 1. The molecule has 1 aliphatic rings. The van der Waals surface area contributed by atoms with E-state index in [4.69, 9.17) is 0 Å². The summed E-state index contributed by atoms with van der Waals surface area (Å²) in [5, 5.41) is 12.0. The Hall–Kier alpha value is -2.89. The zero-order chi connectivity index (χ0) is 19.4. The molecule has 0 saturated carbocycles. The van der Waals surface area contributed by atoms with Crippen LogP contribution in [0.1, 0.15) is 12.5 Å². The quantitative estimate of drug-likeness (QED) is 0.880. The summed E-state index contributed by atoms with van der Waals surface area (Å²) in [7, 11) is -3.81. The topological polar surface area (TPSA) is 93.5 Å². The summed E-state index contributed by atoms with van der Waals surface area (Å²) in [4.78, 5) is 14.0. The van der Waals surface area contributed by atoms with Gasteiger partial charge in [0.1, 0.15) is 6.07 Å². The van der Waals surface area contributed by atoms with Gasteiger partial charge < -0.3 is 10.2 Å². The molecule has 1 atom stereocenters. The van der Waals surface area contributed by atoms with Crippen molar-refractivity contribution in [2.75, 3.05) is 25.0 Å². The van der Waals surface area contributed by atoms with Crippen LogP contribution in [0.2, 0.25) is 0 Å². The first kappa shape index (κ1) is 18.9. The monoisotopic (exact) mass is 384 g/mol. The number of sulfonamides is 1. The number of nitrogens with zero attached hydrogens (tertiary/aromatic N) is 3. The highest BCUT2D eigenvalue weighted by Gasteiger charge is 2.36. The van der Waals surface area contributed by atoms with Gasteiger partial charge in [-0.05, 0) is 31.2 Å². The van der Waals surface area contributed by atoms with Crippen molar-refractivity contribution in [3.63, 3.8) is 0 Å². The van der Waals surface area contributed by atoms with Gasteiger partial charge in [0.05, 0.1) is 10.5 Å². The summed E-state index contributed by atoms with van der Waals surface area (Å²) in [5.74, 6) is 0. The van der Waals surface area contributed by atoms with Crippen LogP contribution < -0.4 is 5.32 Å². The normalized spacial score (nSPS) is 17.9. The molecule has 3 rings (SSSR count). The third-order valence-corrected chi connectivity index (χ3v) is 6.54. The van der Waals surface area contributed by atoms with Gasteiger partial charge in [0, 0.05) is 31.4 Å². The highest BCUT2D eigenvalue weighted by Crippen LogP contribution is 2.24. The average molecular weight is 384 g/mol. The summed E-state index contributed by atoms with van der Waals surface area (Å²) < 4.78 is 27.4. The molecule has 1 N–H and O–H groups in total. The van der Waals surface area contributed by atoms with Gasteiger partial charge in [-0.3, -0.25) is 0 Å². The highest BCUT2D eigenvalue weighted by molar-refractivity contribution is 7.89. The maximum absolute atomic E-state index is 13.0. The Morgan fingerprint density at radius 2 is 1.78 bits per heavy atom. The van der Waals surface area contributed by atoms with Crippen LogP contribution in [-0.2, 0) is 10.0 Å². The third-order valence-electron chi connectivity index (χ3n) is 4.47. The molecular weight excluding hydrogens is 364 g/mol. The number of anilines is 1. The van der Waals surface area contributed by atoms with E-state index in [1.807, 2.05) is 24.3 Å². The molecule has 1 aliphatic heterocycles. The smallest absolute Gasteiger partial charge is 0.321 e. The van der Waals surface area contributed by atoms with Gasteiger partial charge in [-0.15, -0.1) is 0 Å². The third kappa shape index (κ3) is 3.94. The summed E-state index contributed by atoms with van der Waals surface area (Å²) in [5.41, 5.74) is 0.808. The number of hydrogen-bond donors (Lipinski definition) is 1. The largest absolute Gasteiger partial charge is 0.322 e. The van der Waals surface area contributed by atoms with Gasteiger partial charge in [-0.2, -0.15) is 9.57 Å². The Bertz CT molecular complexity index is 970. The second kappa shape index (κ2) is 7.78. The van der Waals surface area contributed by atoms with E-state index in [9.17, 15) is 18.5 Å². The Labute approximate surface area is 158 Å². The molecule has 2 amide bonds. The van der Waals surface area contributed by atoms with Crippen LogP contribution >= 0.6 is 0 Å². The van der Waals surface area contributed by atoms with E-state index in [0.29, 0.717) is 5.69 Å². The summed E-state index contributed by atoms with van der Waals surface area (Å²) >= 11 is 0. The van der Waals surface area contributed by atoms with Gasteiger partial charge in [-0.1, -0.05) is 30.3 Å². The lowest BCUT2D eigenvalue weighted by atomic mass is 10.2. The Balaban J connectivity index is 1.73. The molecule has 140 valence electrons. The van der Waals surface area contributed by atoms with Crippen molar-refractivity contribution in [3.8, 4) is 6.07 Å². The van der Waals surface area contributed by atoms with Gasteiger partial charge >= 0.3 is 6.03 Å². The van der Waals surface area contributed by atoms with Crippen LogP contribution in [0.15, 0.2) is 59.5 Å². The number of rotatable bonds is 3. The van der Waals surface area contributed by atoms with Crippen molar-refractivity contribution in [2.24, 2.45) is 0 Å². The molecular formula is C19H20N4O3S. The van der Waals surface area contributed by atoms with Crippen LogP contribution in [0.25, 0.3) is 0 Å². The van der Waals surface area contributed by atoms with E-state index in [-0.39, 0.29) is 36.1 Å². The van der Waals surface area contributed by atoms with E-state index >= 15 is 0 Å². The summed E-state index contributed by atoms with van der Waals surface area (Å²) in [6, 6.07) is 16.5. The van der Waals surface area contributed by atoms with E-state index in [2.05, 4.69) is 5.32 Å². The first-order valence-electron chi connectivity index (χ1n) is 8.55. The number of amides is 2. The maximum Gasteiger partial charge on any atom is 0.321 e. The van der Waals surface area contributed by atoms with Gasteiger partial charge in [0.2, 0.25) is 10.0 Å². The van der Waals surface area contributed by atoms with E-state index in [1.165, 1.54) is 16.4 Å². The number of hydrogen-bond acceptors (Lipinski definition) is 4. The summed E-state index contributed by atoms with van der Waals surface area (Å²) in [6.07, 6.45) is 0. The molecule has 0 spiro atoms. The fourth-order valence-corrected chi connectivity index (χ4v) is 4.87. The van der Waals surface area contributed by atoms with Crippen molar-refractivity contribution in [3.05, 3.63) is 60.2 Å². The molecule has 1 fully saturated rings. The summed E-state index contributed by atoms with van der Waals surface area (Å²) in [6.45, 7) is 2.48. The minimum Gasteiger partial charge on any atom is -0.322 e. The van der Waals surface area contributed by atoms with Crippen molar-refractivity contribution < 1.29 is 13.2 Å². The maximum atomic E-state index is 13.0. The molecule has 8 heteroatoms. The number of carbonyl (C=O) groups excluding carboxylic acids is 1. The van der Waals surface area contributed by atoms with Crippen LogP contribution in [0.3, 0.4) is 0 Å². The van der Waals surface area contributed by atoms with Crippen molar-refractivity contribution in [1.82, 2.24) is 9.21 Å². The van der Waals surface area contributed by atoms with Crippen LogP contribution in [-0.4, -0.2) is 49.3 Å². The number of carbonyl (C=O) groups is 1. The average Bonchev–Trinajstić information content (AvgIpc) is 2.68.